The maximum atomic E-state index is 12.4. The summed E-state index contributed by atoms with van der Waals surface area (Å²) in [7, 11) is 0. The molecule has 3 rings (SSSR count). The quantitative estimate of drug-likeness (QED) is 0.617. The van der Waals surface area contributed by atoms with Crippen molar-refractivity contribution in [3.05, 3.63) is 63.9 Å². The number of thiocarbonyl (C=S) groups is 1. The Kier molecular flexibility index (Phi) is 4.14. The molecule has 0 N–H and O–H groups in total. The molecular weight excluding hydrogens is 326 g/mol. The fraction of sp³-hybridized carbons (Fsp3) is 0.0667. The van der Waals surface area contributed by atoms with E-state index in [1.807, 2.05) is 18.2 Å². The Morgan fingerprint density at radius 3 is 2.90 bits per heavy atom. The standard InChI is InChI=1S/C15H10ClNO2S2/c16-11-4-1-3-10(7-11)8-13-14(18)17(15(20)21-13)9-12-5-2-6-19-12/h1-8H,9H2. The topological polar surface area (TPSA) is 33.5 Å². The maximum Gasteiger partial charge on any atom is 0.266 e. The lowest BCUT2D eigenvalue weighted by atomic mass is 10.2. The van der Waals surface area contributed by atoms with E-state index >= 15 is 0 Å². The number of carbonyl (C=O) groups is 1. The molecule has 0 atom stereocenters. The monoisotopic (exact) mass is 335 g/mol. The molecule has 3 nitrogen and oxygen atoms in total. The second-order valence-electron chi connectivity index (χ2n) is 4.40. The third-order valence-electron chi connectivity index (χ3n) is 2.91. The molecule has 1 aliphatic rings. The number of amides is 1. The lowest BCUT2D eigenvalue weighted by Gasteiger charge is -2.11. The summed E-state index contributed by atoms with van der Waals surface area (Å²) in [4.78, 5) is 14.5. The molecule has 0 saturated carbocycles. The molecule has 0 bridgehead atoms. The average Bonchev–Trinajstić information content (AvgIpc) is 3.04. The molecule has 0 spiro atoms. The Balaban J connectivity index is 1.83. The van der Waals surface area contributed by atoms with Crippen molar-refractivity contribution < 1.29 is 9.21 Å². The van der Waals surface area contributed by atoms with Gasteiger partial charge in [0.25, 0.3) is 5.91 Å². The largest absolute Gasteiger partial charge is 0.467 e. The SMILES string of the molecule is O=C1C(=Cc2cccc(Cl)c2)SC(=S)N1Cc1ccco1. The first-order chi connectivity index (χ1) is 10.1. The van der Waals surface area contributed by atoms with Crippen molar-refractivity contribution in [1.82, 2.24) is 4.90 Å². The zero-order chi connectivity index (χ0) is 14.8. The summed E-state index contributed by atoms with van der Waals surface area (Å²) < 4.78 is 5.79. The third-order valence-corrected chi connectivity index (χ3v) is 4.53. The summed E-state index contributed by atoms with van der Waals surface area (Å²) in [5.41, 5.74) is 0.876. The highest BCUT2D eigenvalue weighted by Crippen LogP contribution is 2.33. The van der Waals surface area contributed by atoms with Gasteiger partial charge in [0.2, 0.25) is 0 Å². The highest BCUT2D eigenvalue weighted by Gasteiger charge is 2.32. The van der Waals surface area contributed by atoms with E-state index in [2.05, 4.69) is 0 Å². The second kappa shape index (κ2) is 6.05. The van der Waals surface area contributed by atoms with Gasteiger partial charge in [-0.05, 0) is 35.9 Å². The molecule has 0 radical (unpaired) electrons. The number of hydrogen-bond donors (Lipinski definition) is 0. The smallest absolute Gasteiger partial charge is 0.266 e. The van der Waals surface area contributed by atoms with Crippen LogP contribution >= 0.6 is 35.6 Å². The van der Waals surface area contributed by atoms with E-state index in [9.17, 15) is 4.79 Å². The minimum atomic E-state index is -0.110. The molecule has 1 aliphatic heterocycles. The number of hydrogen-bond acceptors (Lipinski definition) is 4. The zero-order valence-corrected chi connectivity index (χ0v) is 13.2. The highest BCUT2D eigenvalue weighted by molar-refractivity contribution is 8.26. The Morgan fingerprint density at radius 1 is 1.33 bits per heavy atom. The molecule has 1 aromatic heterocycles. The van der Waals surface area contributed by atoms with Gasteiger partial charge >= 0.3 is 0 Å². The van der Waals surface area contributed by atoms with E-state index < -0.39 is 0 Å². The van der Waals surface area contributed by atoms with Crippen LogP contribution in [0.15, 0.2) is 52.0 Å². The van der Waals surface area contributed by atoms with Gasteiger partial charge in [0.05, 0.1) is 17.7 Å². The summed E-state index contributed by atoms with van der Waals surface area (Å²) >= 11 is 12.5. The molecule has 1 saturated heterocycles. The molecule has 2 heterocycles. The van der Waals surface area contributed by atoms with Gasteiger partial charge in [-0.2, -0.15) is 0 Å². The minimum Gasteiger partial charge on any atom is -0.467 e. The van der Waals surface area contributed by atoms with Gasteiger partial charge < -0.3 is 4.42 Å². The molecular formula is C15H10ClNO2S2. The predicted octanol–water partition coefficient (Wildman–Crippen LogP) is 4.33. The van der Waals surface area contributed by atoms with Crippen LogP contribution in [0.1, 0.15) is 11.3 Å². The average molecular weight is 336 g/mol. The van der Waals surface area contributed by atoms with E-state index in [1.54, 1.807) is 30.5 Å². The van der Waals surface area contributed by atoms with Gasteiger partial charge in [0.15, 0.2) is 0 Å². The summed E-state index contributed by atoms with van der Waals surface area (Å²) in [5.74, 6) is 0.594. The van der Waals surface area contributed by atoms with E-state index in [0.29, 0.717) is 26.6 Å². The number of halogens is 1. The Labute approximate surface area is 136 Å². The predicted molar refractivity (Wildman–Crippen MR) is 88.9 cm³/mol. The fourth-order valence-corrected chi connectivity index (χ4v) is 3.40. The molecule has 2 aromatic rings. The van der Waals surface area contributed by atoms with E-state index in [4.69, 9.17) is 28.2 Å². The van der Waals surface area contributed by atoms with Crippen molar-refractivity contribution in [2.75, 3.05) is 0 Å². The van der Waals surface area contributed by atoms with Crippen molar-refractivity contribution in [1.29, 1.82) is 0 Å². The molecule has 6 heteroatoms. The van der Waals surface area contributed by atoms with Crippen molar-refractivity contribution >= 4 is 51.9 Å². The van der Waals surface area contributed by atoms with Gasteiger partial charge in [0, 0.05) is 5.02 Å². The first-order valence-corrected chi connectivity index (χ1v) is 7.77. The van der Waals surface area contributed by atoms with Crippen LogP contribution in [0.3, 0.4) is 0 Å². The van der Waals surface area contributed by atoms with Crippen molar-refractivity contribution in [3.63, 3.8) is 0 Å². The number of nitrogens with zero attached hydrogens (tertiary/aromatic N) is 1. The first-order valence-electron chi connectivity index (χ1n) is 6.17. The highest BCUT2D eigenvalue weighted by atomic mass is 35.5. The molecule has 106 valence electrons. The van der Waals surface area contributed by atoms with E-state index in [1.165, 1.54) is 16.7 Å². The molecule has 0 unspecified atom stereocenters. The van der Waals surface area contributed by atoms with Gasteiger partial charge in [-0.15, -0.1) is 0 Å². The van der Waals surface area contributed by atoms with Gasteiger partial charge in [-0.3, -0.25) is 9.69 Å². The molecule has 1 fully saturated rings. The van der Waals surface area contributed by atoms with Crippen LogP contribution in [-0.2, 0) is 11.3 Å². The summed E-state index contributed by atoms with van der Waals surface area (Å²) in [6.45, 7) is 0.352. The van der Waals surface area contributed by atoms with Crippen LogP contribution < -0.4 is 0 Å². The Hall–Kier alpha value is -1.56. The van der Waals surface area contributed by atoms with Crippen molar-refractivity contribution in [2.24, 2.45) is 0 Å². The van der Waals surface area contributed by atoms with Crippen LogP contribution in [0, 0.1) is 0 Å². The molecule has 1 amide bonds. The van der Waals surface area contributed by atoms with Crippen molar-refractivity contribution in [3.8, 4) is 0 Å². The molecule has 0 aliphatic carbocycles. The second-order valence-corrected chi connectivity index (χ2v) is 6.51. The summed E-state index contributed by atoms with van der Waals surface area (Å²) in [6.07, 6.45) is 3.38. The van der Waals surface area contributed by atoms with Crippen LogP contribution in [0.5, 0.6) is 0 Å². The van der Waals surface area contributed by atoms with Gasteiger partial charge in [-0.25, -0.2) is 0 Å². The minimum absolute atomic E-state index is 0.110. The van der Waals surface area contributed by atoms with Gasteiger partial charge in [-0.1, -0.05) is 47.7 Å². The fourth-order valence-electron chi connectivity index (χ4n) is 1.94. The lowest BCUT2D eigenvalue weighted by Crippen LogP contribution is -2.27. The summed E-state index contributed by atoms with van der Waals surface area (Å²) in [5, 5.41) is 0.634. The van der Waals surface area contributed by atoms with E-state index in [-0.39, 0.29) is 5.91 Å². The van der Waals surface area contributed by atoms with Crippen LogP contribution in [0.25, 0.3) is 6.08 Å². The van der Waals surface area contributed by atoms with Crippen LogP contribution in [-0.4, -0.2) is 15.1 Å². The number of carbonyl (C=O) groups excluding carboxylic acids is 1. The number of furan rings is 1. The van der Waals surface area contributed by atoms with Crippen LogP contribution in [0.4, 0.5) is 0 Å². The maximum absolute atomic E-state index is 12.4. The Morgan fingerprint density at radius 2 is 2.19 bits per heavy atom. The first kappa shape index (κ1) is 14.4. The third kappa shape index (κ3) is 3.20. The van der Waals surface area contributed by atoms with Gasteiger partial charge in [0.1, 0.15) is 10.1 Å². The van der Waals surface area contributed by atoms with Crippen LogP contribution in [0.2, 0.25) is 5.02 Å². The Bertz CT molecular complexity index is 725. The number of thioether (sulfide) groups is 1. The molecule has 21 heavy (non-hydrogen) atoms. The number of rotatable bonds is 3. The molecule has 1 aromatic carbocycles. The lowest BCUT2D eigenvalue weighted by molar-refractivity contribution is -0.122. The van der Waals surface area contributed by atoms with Crippen molar-refractivity contribution in [2.45, 2.75) is 6.54 Å². The number of benzene rings is 1. The van der Waals surface area contributed by atoms with E-state index in [0.717, 1.165) is 5.56 Å². The zero-order valence-electron chi connectivity index (χ0n) is 10.8. The summed E-state index contributed by atoms with van der Waals surface area (Å²) in [6, 6.07) is 10.9. The normalized spacial score (nSPS) is 17.0.